The Bertz CT molecular complexity index is 634. The molecule has 1 amide bonds. The zero-order valence-electron chi connectivity index (χ0n) is 13.4. The van der Waals surface area contributed by atoms with Crippen LogP contribution in [0.5, 0.6) is 0 Å². The van der Waals surface area contributed by atoms with Crippen LogP contribution in [0.3, 0.4) is 0 Å². The van der Waals surface area contributed by atoms with Gasteiger partial charge in [0.1, 0.15) is 0 Å². The van der Waals surface area contributed by atoms with Gasteiger partial charge in [0.15, 0.2) is 0 Å². The summed E-state index contributed by atoms with van der Waals surface area (Å²) in [4.78, 5) is 14.5. The van der Waals surface area contributed by atoms with Crippen LogP contribution >= 0.6 is 0 Å². The highest BCUT2D eigenvalue weighted by molar-refractivity contribution is 5.96. The van der Waals surface area contributed by atoms with Gasteiger partial charge < -0.3 is 10.2 Å². The summed E-state index contributed by atoms with van der Waals surface area (Å²) < 4.78 is 39.1. The predicted molar refractivity (Wildman–Crippen MR) is 88.0 cm³/mol. The van der Waals surface area contributed by atoms with Gasteiger partial charge in [-0.2, -0.15) is 13.2 Å². The number of carbonyl (C=O) groups is 1. The topological polar surface area (TPSA) is 32.3 Å². The normalized spacial score (nSPS) is 21.1. The SMILES string of the molecule is O=C(Nc1cc(C(F)(F)F)ccc1N1CCCC1)C1CC=CCC1. The number of benzene rings is 1. The lowest BCUT2D eigenvalue weighted by Gasteiger charge is -2.24. The van der Waals surface area contributed by atoms with E-state index in [0.29, 0.717) is 12.1 Å². The third kappa shape index (κ3) is 3.74. The van der Waals surface area contributed by atoms with Gasteiger partial charge in [0.05, 0.1) is 16.9 Å². The lowest BCUT2D eigenvalue weighted by molar-refractivity contribution is -0.137. The number of hydrogen-bond donors (Lipinski definition) is 1. The van der Waals surface area contributed by atoms with E-state index < -0.39 is 11.7 Å². The van der Waals surface area contributed by atoms with Gasteiger partial charge >= 0.3 is 6.18 Å². The molecule has 1 fully saturated rings. The summed E-state index contributed by atoms with van der Waals surface area (Å²) in [6, 6.07) is 3.63. The van der Waals surface area contributed by atoms with Gasteiger partial charge in [0.25, 0.3) is 0 Å². The fourth-order valence-electron chi connectivity index (χ4n) is 3.31. The average molecular weight is 338 g/mol. The van der Waals surface area contributed by atoms with Crippen molar-refractivity contribution in [2.75, 3.05) is 23.3 Å². The summed E-state index contributed by atoms with van der Waals surface area (Å²) in [5, 5.41) is 2.76. The highest BCUT2D eigenvalue weighted by atomic mass is 19.4. The molecular formula is C18H21F3N2O. The minimum atomic E-state index is -4.42. The summed E-state index contributed by atoms with van der Waals surface area (Å²) in [6.45, 7) is 1.61. The van der Waals surface area contributed by atoms with Crippen molar-refractivity contribution in [3.63, 3.8) is 0 Å². The lowest BCUT2D eigenvalue weighted by Crippen LogP contribution is -2.26. The van der Waals surface area contributed by atoms with Crippen LogP contribution < -0.4 is 10.2 Å². The molecule has 1 atom stereocenters. The van der Waals surface area contributed by atoms with E-state index in [-0.39, 0.29) is 17.5 Å². The summed E-state index contributed by atoms with van der Waals surface area (Å²) in [7, 11) is 0. The van der Waals surface area contributed by atoms with E-state index in [0.717, 1.165) is 50.9 Å². The Hall–Kier alpha value is -1.98. The van der Waals surface area contributed by atoms with E-state index in [1.165, 1.54) is 6.07 Å². The molecule has 1 N–H and O–H groups in total. The number of nitrogens with one attached hydrogen (secondary N) is 1. The van der Waals surface area contributed by atoms with Gasteiger partial charge in [0.2, 0.25) is 5.91 Å². The molecular weight excluding hydrogens is 317 g/mol. The lowest BCUT2D eigenvalue weighted by atomic mass is 9.93. The van der Waals surface area contributed by atoms with Crippen molar-refractivity contribution in [1.29, 1.82) is 0 Å². The first kappa shape index (κ1) is 16.9. The first-order valence-electron chi connectivity index (χ1n) is 8.37. The molecule has 3 rings (SSSR count). The Balaban J connectivity index is 1.87. The van der Waals surface area contributed by atoms with E-state index in [1.54, 1.807) is 0 Å². The molecule has 0 spiro atoms. The Labute approximate surface area is 139 Å². The van der Waals surface area contributed by atoms with Crippen molar-refractivity contribution in [3.8, 4) is 0 Å². The highest BCUT2D eigenvalue weighted by Crippen LogP contribution is 2.37. The van der Waals surface area contributed by atoms with Crippen LogP contribution in [0.1, 0.15) is 37.7 Å². The third-order valence-corrected chi connectivity index (χ3v) is 4.67. The first-order chi connectivity index (χ1) is 11.4. The smallest absolute Gasteiger partial charge is 0.370 e. The number of amides is 1. The second-order valence-corrected chi connectivity index (χ2v) is 6.39. The monoisotopic (exact) mass is 338 g/mol. The summed E-state index contributed by atoms with van der Waals surface area (Å²) in [5.41, 5.74) is 0.218. The van der Waals surface area contributed by atoms with E-state index in [1.807, 2.05) is 17.1 Å². The molecule has 1 saturated heterocycles. The van der Waals surface area contributed by atoms with Crippen molar-refractivity contribution >= 4 is 17.3 Å². The first-order valence-corrected chi connectivity index (χ1v) is 8.37. The number of carbonyl (C=O) groups excluding carboxylic acids is 1. The number of nitrogens with zero attached hydrogens (tertiary/aromatic N) is 1. The van der Waals surface area contributed by atoms with Gasteiger partial charge in [-0.3, -0.25) is 4.79 Å². The Morgan fingerprint density at radius 1 is 1.17 bits per heavy atom. The molecule has 1 unspecified atom stereocenters. The zero-order chi connectivity index (χ0) is 17.2. The van der Waals surface area contributed by atoms with Crippen molar-refractivity contribution in [1.82, 2.24) is 0 Å². The van der Waals surface area contributed by atoms with Crippen LogP contribution in [-0.2, 0) is 11.0 Å². The number of hydrogen-bond acceptors (Lipinski definition) is 2. The molecule has 1 aromatic carbocycles. The molecule has 1 aliphatic carbocycles. The minimum absolute atomic E-state index is 0.170. The van der Waals surface area contributed by atoms with Crippen LogP contribution in [-0.4, -0.2) is 19.0 Å². The van der Waals surface area contributed by atoms with Crippen molar-refractivity contribution in [2.24, 2.45) is 5.92 Å². The number of halogens is 3. The molecule has 0 saturated carbocycles. The molecule has 1 aromatic rings. The van der Waals surface area contributed by atoms with Gasteiger partial charge in [-0.05, 0) is 50.3 Å². The summed E-state index contributed by atoms with van der Waals surface area (Å²) in [6.07, 6.45) is 3.81. The highest BCUT2D eigenvalue weighted by Gasteiger charge is 2.32. The van der Waals surface area contributed by atoms with E-state index in [2.05, 4.69) is 5.32 Å². The second-order valence-electron chi connectivity index (χ2n) is 6.39. The molecule has 1 heterocycles. The average Bonchev–Trinajstić information content (AvgIpc) is 3.09. The van der Waals surface area contributed by atoms with Gasteiger partial charge in [0, 0.05) is 19.0 Å². The maximum atomic E-state index is 13.0. The third-order valence-electron chi connectivity index (χ3n) is 4.67. The second kappa shape index (κ2) is 6.87. The molecule has 0 bridgehead atoms. The molecule has 0 radical (unpaired) electrons. The van der Waals surface area contributed by atoms with Crippen LogP contribution in [0, 0.1) is 5.92 Å². The fraction of sp³-hybridized carbons (Fsp3) is 0.500. The van der Waals surface area contributed by atoms with Crippen LogP contribution in [0.2, 0.25) is 0 Å². The zero-order valence-corrected chi connectivity index (χ0v) is 13.4. The van der Waals surface area contributed by atoms with Gasteiger partial charge in [-0.1, -0.05) is 12.2 Å². The molecule has 24 heavy (non-hydrogen) atoms. The largest absolute Gasteiger partial charge is 0.416 e. The maximum absolute atomic E-state index is 13.0. The Kier molecular flexibility index (Phi) is 4.83. The predicted octanol–water partition coefficient (Wildman–Crippen LogP) is 4.60. The molecule has 2 aliphatic rings. The molecule has 6 heteroatoms. The summed E-state index contributed by atoms with van der Waals surface area (Å²) >= 11 is 0. The van der Waals surface area contributed by atoms with Crippen molar-refractivity contribution < 1.29 is 18.0 Å². The Morgan fingerprint density at radius 2 is 1.92 bits per heavy atom. The maximum Gasteiger partial charge on any atom is 0.416 e. The summed E-state index contributed by atoms with van der Waals surface area (Å²) in [5.74, 6) is -0.366. The van der Waals surface area contributed by atoms with Crippen LogP contribution in [0.25, 0.3) is 0 Å². The molecule has 130 valence electrons. The number of alkyl halides is 3. The standard InChI is InChI=1S/C18H21F3N2O/c19-18(20,21)14-8-9-16(23-10-4-5-11-23)15(12-14)22-17(24)13-6-2-1-3-7-13/h1-2,8-9,12-13H,3-7,10-11H2,(H,22,24). The Morgan fingerprint density at radius 3 is 2.54 bits per heavy atom. The van der Waals surface area contributed by atoms with E-state index in [9.17, 15) is 18.0 Å². The molecule has 1 aliphatic heterocycles. The van der Waals surface area contributed by atoms with E-state index >= 15 is 0 Å². The van der Waals surface area contributed by atoms with Gasteiger partial charge in [-0.15, -0.1) is 0 Å². The van der Waals surface area contributed by atoms with Crippen LogP contribution in [0.4, 0.5) is 24.5 Å². The molecule has 0 aromatic heterocycles. The minimum Gasteiger partial charge on any atom is -0.370 e. The van der Waals surface area contributed by atoms with Crippen molar-refractivity contribution in [3.05, 3.63) is 35.9 Å². The number of allylic oxidation sites excluding steroid dienone is 2. The fourth-order valence-corrected chi connectivity index (χ4v) is 3.31. The van der Waals surface area contributed by atoms with Crippen LogP contribution in [0.15, 0.2) is 30.4 Å². The van der Waals surface area contributed by atoms with E-state index in [4.69, 9.17) is 0 Å². The molecule has 3 nitrogen and oxygen atoms in total. The van der Waals surface area contributed by atoms with Gasteiger partial charge in [-0.25, -0.2) is 0 Å². The van der Waals surface area contributed by atoms with Crippen molar-refractivity contribution in [2.45, 2.75) is 38.3 Å². The number of rotatable bonds is 3. The number of anilines is 2. The quantitative estimate of drug-likeness (QED) is 0.817.